The molecule has 0 aromatic heterocycles. The van der Waals surface area contributed by atoms with Crippen LogP contribution in [0.2, 0.25) is 0 Å². The molecule has 5 heteroatoms. The second-order valence-electron chi connectivity index (χ2n) is 4.43. The van der Waals surface area contributed by atoms with Crippen LogP contribution in [-0.4, -0.2) is 30.6 Å². The topological polar surface area (TPSA) is 67.6 Å². The Morgan fingerprint density at radius 2 is 2.00 bits per heavy atom. The molecule has 0 atom stereocenters. The lowest BCUT2D eigenvalue weighted by Gasteiger charge is -2.16. The number of nitrogens with two attached hydrogens (primary N) is 1. The molecule has 18 heavy (non-hydrogen) atoms. The van der Waals surface area contributed by atoms with Crippen LogP contribution < -0.4 is 16.0 Å². The van der Waals surface area contributed by atoms with Crippen LogP contribution in [0.15, 0.2) is 24.3 Å². The lowest BCUT2D eigenvalue weighted by atomic mass is 10.1. The molecule has 0 aliphatic rings. The first-order chi connectivity index (χ1) is 8.52. The molecule has 0 saturated carbocycles. The normalized spacial score (nSPS) is 10.3. The van der Waals surface area contributed by atoms with Crippen molar-refractivity contribution in [3.8, 4) is 5.75 Å². The minimum Gasteiger partial charge on any atom is -0.491 e. The van der Waals surface area contributed by atoms with Gasteiger partial charge in [0.15, 0.2) is 0 Å². The molecule has 0 heterocycles. The van der Waals surface area contributed by atoms with Crippen molar-refractivity contribution < 1.29 is 9.53 Å². The van der Waals surface area contributed by atoms with Gasteiger partial charge in [0, 0.05) is 13.6 Å². The Kier molecular flexibility index (Phi) is 5.45. The Labute approximate surface area is 108 Å². The summed E-state index contributed by atoms with van der Waals surface area (Å²) in [5.74, 6) is 5.91. The number of hydrogen-bond acceptors (Lipinski definition) is 3. The van der Waals surface area contributed by atoms with E-state index in [-0.39, 0.29) is 12.1 Å². The fourth-order valence-electron chi connectivity index (χ4n) is 1.52. The van der Waals surface area contributed by atoms with E-state index < -0.39 is 0 Å². The third-order valence-electron chi connectivity index (χ3n) is 2.50. The molecule has 1 aromatic rings. The Morgan fingerprint density at radius 3 is 2.50 bits per heavy atom. The van der Waals surface area contributed by atoms with Crippen LogP contribution >= 0.6 is 0 Å². The number of nitrogens with zero attached hydrogens (tertiary/aromatic N) is 1. The summed E-state index contributed by atoms with van der Waals surface area (Å²) in [6.45, 7) is 4.61. The van der Waals surface area contributed by atoms with Crippen LogP contribution in [0.1, 0.15) is 19.4 Å². The predicted molar refractivity (Wildman–Crippen MR) is 71.3 cm³/mol. The highest BCUT2D eigenvalue weighted by atomic mass is 16.5. The van der Waals surface area contributed by atoms with Crippen molar-refractivity contribution in [1.29, 1.82) is 0 Å². The van der Waals surface area contributed by atoms with Gasteiger partial charge in [-0.3, -0.25) is 5.43 Å². The molecule has 0 saturated heterocycles. The average molecular weight is 251 g/mol. The van der Waals surface area contributed by atoms with E-state index in [9.17, 15) is 4.79 Å². The van der Waals surface area contributed by atoms with E-state index in [1.165, 1.54) is 0 Å². The number of rotatable bonds is 5. The van der Waals surface area contributed by atoms with E-state index in [1.807, 2.05) is 38.1 Å². The van der Waals surface area contributed by atoms with Crippen LogP contribution in [0.3, 0.4) is 0 Å². The molecule has 0 unspecified atom stereocenters. The predicted octanol–water partition coefficient (Wildman–Crippen LogP) is 1.53. The highest BCUT2D eigenvalue weighted by molar-refractivity contribution is 5.73. The molecular weight excluding hydrogens is 230 g/mol. The SMILES string of the molecule is CC(C)Oc1ccc(CCN(C)C(=O)NN)cc1. The molecular formula is C13H21N3O2. The number of benzene rings is 1. The first kappa shape index (κ1) is 14.3. The molecule has 0 aliphatic carbocycles. The molecule has 5 nitrogen and oxygen atoms in total. The van der Waals surface area contributed by atoms with Crippen molar-refractivity contribution in [3.63, 3.8) is 0 Å². The number of ether oxygens (including phenoxy) is 1. The van der Waals surface area contributed by atoms with Gasteiger partial charge in [-0.1, -0.05) is 12.1 Å². The molecule has 1 rings (SSSR count). The van der Waals surface area contributed by atoms with Crippen molar-refractivity contribution in [3.05, 3.63) is 29.8 Å². The maximum atomic E-state index is 11.2. The summed E-state index contributed by atoms with van der Waals surface area (Å²) in [5, 5.41) is 0. The third kappa shape index (κ3) is 4.63. The number of carbonyl (C=O) groups is 1. The molecule has 0 aliphatic heterocycles. The standard InChI is InChI=1S/C13H21N3O2/c1-10(2)18-12-6-4-11(5-7-12)8-9-16(3)13(17)15-14/h4-7,10H,8-9,14H2,1-3H3,(H,15,17). The molecule has 2 amide bonds. The van der Waals surface area contributed by atoms with Crippen molar-refractivity contribution in [2.45, 2.75) is 26.4 Å². The summed E-state index contributed by atoms with van der Waals surface area (Å²) in [4.78, 5) is 12.7. The maximum Gasteiger partial charge on any atom is 0.331 e. The summed E-state index contributed by atoms with van der Waals surface area (Å²) in [6, 6.07) is 7.61. The lowest BCUT2D eigenvalue weighted by Crippen LogP contribution is -2.41. The molecule has 0 fully saturated rings. The van der Waals surface area contributed by atoms with Gasteiger partial charge in [-0.15, -0.1) is 0 Å². The number of likely N-dealkylation sites (N-methyl/N-ethyl adjacent to an activating group) is 1. The fourth-order valence-corrected chi connectivity index (χ4v) is 1.52. The molecule has 3 N–H and O–H groups in total. The number of urea groups is 1. The smallest absolute Gasteiger partial charge is 0.331 e. The van der Waals surface area contributed by atoms with Crippen molar-refractivity contribution in [2.75, 3.05) is 13.6 Å². The Bertz CT molecular complexity index is 376. The number of carbonyl (C=O) groups excluding carboxylic acids is 1. The average Bonchev–Trinajstić information content (AvgIpc) is 2.36. The van der Waals surface area contributed by atoms with Crippen molar-refractivity contribution in [1.82, 2.24) is 10.3 Å². The number of hydrazine groups is 1. The van der Waals surface area contributed by atoms with E-state index in [4.69, 9.17) is 10.6 Å². The minimum absolute atomic E-state index is 0.176. The lowest BCUT2D eigenvalue weighted by molar-refractivity contribution is 0.209. The molecule has 0 spiro atoms. The van der Waals surface area contributed by atoms with Gasteiger partial charge < -0.3 is 9.64 Å². The van der Waals surface area contributed by atoms with Crippen LogP contribution in [0.25, 0.3) is 0 Å². The van der Waals surface area contributed by atoms with Crippen LogP contribution in [-0.2, 0) is 6.42 Å². The largest absolute Gasteiger partial charge is 0.491 e. The van der Waals surface area contributed by atoms with Gasteiger partial charge in [0.2, 0.25) is 0 Å². The van der Waals surface area contributed by atoms with Crippen LogP contribution in [0, 0.1) is 0 Å². The van der Waals surface area contributed by atoms with E-state index in [2.05, 4.69) is 5.43 Å². The minimum atomic E-state index is -0.283. The first-order valence-electron chi connectivity index (χ1n) is 6.00. The van der Waals surface area contributed by atoms with E-state index in [0.717, 1.165) is 17.7 Å². The van der Waals surface area contributed by atoms with Crippen LogP contribution in [0.5, 0.6) is 5.75 Å². The van der Waals surface area contributed by atoms with Crippen molar-refractivity contribution in [2.24, 2.45) is 5.84 Å². The highest BCUT2D eigenvalue weighted by Gasteiger charge is 2.06. The number of hydrogen-bond donors (Lipinski definition) is 2. The third-order valence-corrected chi connectivity index (χ3v) is 2.50. The van der Waals surface area contributed by atoms with Gasteiger partial charge in [-0.2, -0.15) is 0 Å². The summed E-state index contributed by atoms with van der Waals surface area (Å²) < 4.78 is 5.56. The van der Waals surface area contributed by atoms with Gasteiger partial charge in [-0.05, 0) is 38.0 Å². The van der Waals surface area contributed by atoms with E-state index >= 15 is 0 Å². The van der Waals surface area contributed by atoms with Gasteiger partial charge in [0.25, 0.3) is 0 Å². The zero-order chi connectivity index (χ0) is 13.5. The first-order valence-corrected chi connectivity index (χ1v) is 6.00. The summed E-state index contributed by atoms with van der Waals surface area (Å²) in [5.41, 5.74) is 3.25. The Balaban J connectivity index is 2.46. The second kappa shape index (κ2) is 6.86. The number of amides is 2. The van der Waals surface area contributed by atoms with Crippen LogP contribution in [0.4, 0.5) is 4.79 Å². The quantitative estimate of drug-likeness (QED) is 0.474. The Morgan fingerprint density at radius 1 is 1.39 bits per heavy atom. The molecule has 1 aromatic carbocycles. The zero-order valence-corrected chi connectivity index (χ0v) is 11.1. The van der Waals surface area contributed by atoms with Gasteiger partial charge >= 0.3 is 6.03 Å². The van der Waals surface area contributed by atoms with Gasteiger partial charge in [-0.25, -0.2) is 10.6 Å². The summed E-state index contributed by atoms with van der Waals surface area (Å²) in [7, 11) is 1.71. The highest BCUT2D eigenvalue weighted by Crippen LogP contribution is 2.14. The molecule has 0 radical (unpaired) electrons. The maximum absolute atomic E-state index is 11.2. The monoisotopic (exact) mass is 251 g/mol. The summed E-state index contributed by atoms with van der Waals surface area (Å²) >= 11 is 0. The molecule has 0 bridgehead atoms. The van der Waals surface area contributed by atoms with E-state index in [0.29, 0.717) is 6.54 Å². The Hall–Kier alpha value is -1.75. The fraction of sp³-hybridized carbons (Fsp3) is 0.462. The van der Waals surface area contributed by atoms with Gasteiger partial charge in [0.05, 0.1) is 6.10 Å². The van der Waals surface area contributed by atoms with E-state index in [1.54, 1.807) is 11.9 Å². The zero-order valence-electron chi connectivity index (χ0n) is 11.1. The van der Waals surface area contributed by atoms with Gasteiger partial charge in [0.1, 0.15) is 5.75 Å². The van der Waals surface area contributed by atoms with Crippen molar-refractivity contribution >= 4 is 6.03 Å². The second-order valence-corrected chi connectivity index (χ2v) is 4.43. The summed E-state index contributed by atoms with van der Waals surface area (Å²) in [6.07, 6.45) is 0.960. The number of nitrogens with one attached hydrogen (secondary N) is 1. The molecule has 100 valence electrons.